The summed E-state index contributed by atoms with van der Waals surface area (Å²) < 4.78 is 0. The molecule has 0 aliphatic heterocycles. The van der Waals surface area contributed by atoms with Crippen molar-refractivity contribution in [1.82, 2.24) is 5.32 Å². The Balaban J connectivity index is 1.80. The van der Waals surface area contributed by atoms with Crippen LogP contribution in [0.3, 0.4) is 0 Å². The van der Waals surface area contributed by atoms with Crippen LogP contribution in [0.2, 0.25) is 0 Å². The van der Waals surface area contributed by atoms with Crippen molar-refractivity contribution in [2.45, 2.75) is 25.8 Å². The summed E-state index contributed by atoms with van der Waals surface area (Å²) in [6, 6.07) is 20.6. The van der Waals surface area contributed by atoms with Crippen molar-refractivity contribution in [2.24, 2.45) is 0 Å². The lowest BCUT2D eigenvalue weighted by molar-refractivity contribution is -0.138. The molecule has 1 saturated carbocycles. The number of hydrogen-bond donors (Lipinski definition) is 2. The van der Waals surface area contributed by atoms with Crippen LogP contribution in [-0.4, -0.2) is 23.0 Å². The number of carboxylic acids is 1. The first-order valence-corrected chi connectivity index (χ1v) is 10.6. The highest BCUT2D eigenvalue weighted by atomic mass is 31.1. The fourth-order valence-electron chi connectivity index (χ4n) is 3.19. The van der Waals surface area contributed by atoms with Crippen molar-refractivity contribution >= 4 is 30.4 Å². The topological polar surface area (TPSA) is 66.4 Å². The van der Waals surface area contributed by atoms with Crippen molar-refractivity contribution in [3.05, 3.63) is 91.5 Å². The Morgan fingerprint density at radius 3 is 2.04 bits per heavy atom. The van der Waals surface area contributed by atoms with Crippen LogP contribution in [0.15, 0.2) is 60.7 Å². The Morgan fingerprint density at radius 1 is 0.929 bits per heavy atom. The van der Waals surface area contributed by atoms with Gasteiger partial charge in [0, 0.05) is 24.0 Å². The second-order valence-corrected chi connectivity index (χ2v) is 8.74. The first-order chi connectivity index (χ1) is 13.6. The predicted octanol–water partition coefficient (Wildman–Crippen LogP) is 3.22. The monoisotopic (exact) mass is 392 g/mol. The summed E-state index contributed by atoms with van der Waals surface area (Å²) in [4.78, 5) is 22.8. The van der Waals surface area contributed by atoms with Gasteiger partial charge in [-0.2, -0.15) is 0 Å². The summed E-state index contributed by atoms with van der Waals surface area (Å²) in [5.41, 5.74) is 1.21. The molecular formula is C23H23NO3P. The Kier molecular flexibility index (Phi) is 7.22. The molecule has 0 heterocycles. The van der Waals surface area contributed by atoms with Gasteiger partial charge in [0.05, 0.1) is 6.42 Å². The van der Waals surface area contributed by atoms with Gasteiger partial charge in [0.2, 0.25) is 5.91 Å². The molecule has 0 saturated heterocycles. The number of benzene rings is 2. The number of carbonyl (C=O) groups excluding carboxylic acids is 1. The first kappa shape index (κ1) is 20.5. The third-order valence-corrected chi connectivity index (χ3v) is 7.02. The molecule has 2 N–H and O–H groups in total. The van der Waals surface area contributed by atoms with E-state index in [4.69, 9.17) is 5.11 Å². The van der Waals surface area contributed by atoms with E-state index in [1.807, 2.05) is 56.2 Å². The van der Waals surface area contributed by atoms with E-state index in [9.17, 15) is 9.59 Å². The molecule has 1 unspecified atom stereocenters. The largest absolute Gasteiger partial charge is 0.481 e. The van der Waals surface area contributed by atoms with Gasteiger partial charge in [-0.3, -0.25) is 9.59 Å². The zero-order valence-corrected chi connectivity index (χ0v) is 16.6. The van der Waals surface area contributed by atoms with Gasteiger partial charge in [0.25, 0.3) is 0 Å². The van der Waals surface area contributed by atoms with Crippen LogP contribution >= 0.6 is 7.92 Å². The SMILES string of the molecule is CC(NC(=O)CCC(=O)O)[C]1[CH][CH][CH][C]1P(c1ccccc1)c1ccccc1. The maximum atomic E-state index is 12.1. The second-order valence-electron chi connectivity index (χ2n) is 6.56. The molecule has 0 aromatic heterocycles. The van der Waals surface area contributed by atoms with Gasteiger partial charge in [-0.25, -0.2) is 0 Å². The molecule has 143 valence electrons. The van der Waals surface area contributed by atoms with Crippen molar-refractivity contribution in [3.8, 4) is 0 Å². The van der Waals surface area contributed by atoms with E-state index < -0.39 is 13.9 Å². The second kappa shape index (κ2) is 9.84. The number of hydrogen-bond acceptors (Lipinski definition) is 2. The minimum Gasteiger partial charge on any atom is -0.481 e. The predicted molar refractivity (Wildman–Crippen MR) is 113 cm³/mol. The zero-order chi connectivity index (χ0) is 19.9. The van der Waals surface area contributed by atoms with E-state index in [0.717, 1.165) is 5.92 Å². The minimum atomic E-state index is -0.964. The molecule has 5 radical (unpaired) electrons. The number of carboxylic acid groups (broad SMARTS) is 1. The molecular weight excluding hydrogens is 369 g/mol. The Bertz CT molecular complexity index is 741. The average Bonchev–Trinajstić information content (AvgIpc) is 3.18. The molecule has 1 fully saturated rings. The highest BCUT2D eigenvalue weighted by molar-refractivity contribution is 7.76. The third-order valence-electron chi connectivity index (χ3n) is 4.51. The van der Waals surface area contributed by atoms with E-state index in [2.05, 4.69) is 36.0 Å². The van der Waals surface area contributed by atoms with Crippen LogP contribution in [0.4, 0.5) is 0 Å². The van der Waals surface area contributed by atoms with Crippen LogP contribution in [0.25, 0.3) is 0 Å². The van der Waals surface area contributed by atoms with E-state index in [1.165, 1.54) is 16.3 Å². The summed E-state index contributed by atoms with van der Waals surface area (Å²) in [7, 11) is -0.751. The summed E-state index contributed by atoms with van der Waals surface area (Å²) in [6.45, 7) is 1.95. The maximum absolute atomic E-state index is 12.1. The van der Waals surface area contributed by atoms with Gasteiger partial charge in [-0.05, 0) is 44.7 Å². The molecule has 0 bridgehead atoms. The molecule has 1 amide bonds. The van der Waals surface area contributed by atoms with Crippen LogP contribution in [0, 0.1) is 30.8 Å². The van der Waals surface area contributed by atoms with Gasteiger partial charge in [0.15, 0.2) is 0 Å². The van der Waals surface area contributed by atoms with Crippen molar-refractivity contribution in [3.63, 3.8) is 0 Å². The van der Waals surface area contributed by atoms with Gasteiger partial charge in [-0.1, -0.05) is 60.7 Å². The first-order valence-electron chi connectivity index (χ1n) is 9.23. The number of carbonyl (C=O) groups is 2. The van der Waals surface area contributed by atoms with Crippen LogP contribution in [0.5, 0.6) is 0 Å². The molecule has 4 nitrogen and oxygen atoms in total. The molecule has 3 rings (SSSR count). The van der Waals surface area contributed by atoms with Gasteiger partial charge in [-0.15, -0.1) is 0 Å². The van der Waals surface area contributed by atoms with E-state index in [1.54, 1.807) is 0 Å². The van der Waals surface area contributed by atoms with E-state index in [0.29, 0.717) is 0 Å². The number of aliphatic carboxylic acids is 1. The Labute approximate surface area is 168 Å². The van der Waals surface area contributed by atoms with Gasteiger partial charge in [0.1, 0.15) is 0 Å². The minimum absolute atomic E-state index is 0.0121. The number of amides is 1. The molecule has 1 aliphatic rings. The summed E-state index contributed by atoms with van der Waals surface area (Å²) in [6.07, 6.45) is 6.01. The Hall–Kier alpha value is -2.19. The molecule has 1 atom stereocenters. The van der Waals surface area contributed by atoms with Crippen molar-refractivity contribution < 1.29 is 14.7 Å². The fourth-order valence-corrected chi connectivity index (χ4v) is 5.74. The molecule has 5 heteroatoms. The summed E-state index contributed by atoms with van der Waals surface area (Å²) in [5, 5.41) is 14.2. The van der Waals surface area contributed by atoms with Crippen LogP contribution in [-0.2, 0) is 9.59 Å². The molecule has 1 aliphatic carbocycles. The van der Waals surface area contributed by atoms with Gasteiger partial charge >= 0.3 is 5.97 Å². The third kappa shape index (κ3) is 5.20. The standard InChI is InChI=1S/C23H23NO3P/c1-17(24-22(25)15-16-23(26)27)20-13-8-14-21(20)28(18-9-4-2-5-10-18)19-11-6-3-7-12-19/h2-14,17H,15-16H2,1H3,(H,24,25)(H,26,27). The van der Waals surface area contributed by atoms with E-state index in [-0.39, 0.29) is 24.8 Å². The smallest absolute Gasteiger partial charge is 0.303 e. The maximum Gasteiger partial charge on any atom is 0.303 e. The molecule has 0 spiro atoms. The quantitative estimate of drug-likeness (QED) is 0.678. The zero-order valence-electron chi connectivity index (χ0n) is 15.7. The van der Waals surface area contributed by atoms with Gasteiger partial charge < -0.3 is 10.4 Å². The summed E-state index contributed by atoms with van der Waals surface area (Å²) in [5.74, 6) is -0.137. The van der Waals surface area contributed by atoms with Crippen LogP contribution in [0.1, 0.15) is 19.8 Å². The highest BCUT2D eigenvalue weighted by Gasteiger charge is 2.40. The summed E-state index contributed by atoms with van der Waals surface area (Å²) >= 11 is 0. The lowest BCUT2D eigenvalue weighted by Gasteiger charge is -2.32. The lowest BCUT2D eigenvalue weighted by Crippen LogP contribution is -2.38. The molecule has 28 heavy (non-hydrogen) atoms. The van der Waals surface area contributed by atoms with Crippen molar-refractivity contribution in [1.29, 1.82) is 0 Å². The van der Waals surface area contributed by atoms with Crippen LogP contribution < -0.4 is 15.9 Å². The highest BCUT2D eigenvalue weighted by Crippen LogP contribution is 2.56. The lowest BCUT2D eigenvalue weighted by atomic mass is 9.99. The average molecular weight is 392 g/mol. The molecule has 2 aromatic rings. The molecule has 2 aromatic carbocycles. The van der Waals surface area contributed by atoms with E-state index >= 15 is 0 Å². The number of rotatable bonds is 8. The fraction of sp³-hybridized carbons (Fsp3) is 0.174. The Morgan fingerprint density at radius 2 is 1.50 bits per heavy atom. The number of nitrogens with one attached hydrogen (secondary N) is 1. The normalized spacial score (nSPS) is 16.2. The van der Waals surface area contributed by atoms with Crippen molar-refractivity contribution in [2.75, 3.05) is 0 Å².